The summed E-state index contributed by atoms with van der Waals surface area (Å²) in [5.41, 5.74) is 0.400. The summed E-state index contributed by atoms with van der Waals surface area (Å²) in [5, 5.41) is 8.00. The van der Waals surface area contributed by atoms with Crippen molar-refractivity contribution >= 4 is 46.5 Å². The number of aryl methyl sites for hydroxylation is 1. The van der Waals surface area contributed by atoms with Gasteiger partial charge in [0.15, 0.2) is 0 Å². The fourth-order valence-corrected chi connectivity index (χ4v) is 4.69. The molecule has 1 saturated heterocycles. The Labute approximate surface area is 159 Å². The molecule has 1 spiro atoms. The number of imide groups is 1. The van der Waals surface area contributed by atoms with E-state index in [2.05, 4.69) is 10.6 Å². The molecule has 0 bridgehead atoms. The molecule has 6 nitrogen and oxygen atoms in total. The van der Waals surface area contributed by atoms with Gasteiger partial charge in [0.1, 0.15) is 12.1 Å². The summed E-state index contributed by atoms with van der Waals surface area (Å²) >= 11 is 7.42. The van der Waals surface area contributed by atoms with Crippen LogP contribution in [0.5, 0.6) is 0 Å². The van der Waals surface area contributed by atoms with Gasteiger partial charge in [0.25, 0.3) is 5.91 Å². The van der Waals surface area contributed by atoms with Crippen LogP contribution in [0.2, 0.25) is 5.02 Å². The number of thiophene rings is 1. The Morgan fingerprint density at radius 2 is 2.04 bits per heavy atom. The molecule has 8 heteroatoms. The highest BCUT2D eigenvalue weighted by molar-refractivity contribution is 7.10. The van der Waals surface area contributed by atoms with Gasteiger partial charge in [-0.25, -0.2) is 4.79 Å². The van der Waals surface area contributed by atoms with E-state index in [1.807, 2.05) is 11.4 Å². The van der Waals surface area contributed by atoms with Crippen LogP contribution in [-0.4, -0.2) is 29.3 Å². The van der Waals surface area contributed by atoms with E-state index in [0.717, 1.165) is 28.2 Å². The first-order valence-corrected chi connectivity index (χ1v) is 9.52. The highest BCUT2D eigenvalue weighted by Gasteiger charge is 2.54. The Kier molecular flexibility index (Phi) is 4.20. The van der Waals surface area contributed by atoms with Crippen LogP contribution in [0.4, 0.5) is 10.5 Å². The van der Waals surface area contributed by atoms with Crippen LogP contribution in [0.15, 0.2) is 35.7 Å². The second-order valence-electron chi connectivity index (χ2n) is 6.39. The van der Waals surface area contributed by atoms with Crippen LogP contribution in [-0.2, 0) is 21.5 Å². The van der Waals surface area contributed by atoms with Gasteiger partial charge in [-0.2, -0.15) is 0 Å². The molecule has 2 aromatic rings. The third-order valence-corrected chi connectivity index (χ3v) is 6.00. The van der Waals surface area contributed by atoms with Crippen molar-refractivity contribution in [3.05, 3.63) is 51.2 Å². The van der Waals surface area contributed by atoms with E-state index in [-0.39, 0.29) is 12.5 Å². The normalized spacial score (nSPS) is 21.7. The van der Waals surface area contributed by atoms with Crippen molar-refractivity contribution in [2.24, 2.45) is 0 Å². The molecule has 1 aromatic heterocycles. The number of carbonyl (C=O) groups excluding carboxylic acids is 3. The Morgan fingerprint density at radius 3 is 2.81 bits per heavy atom. The number of anilines is 1. The number of nitrogens with zero attached hydrogens (tertiary/aromatic N) is 1. The van der Waals surface area contributed by atoms with Crippen molar-refractivity contribution in [2.75, 3.05) is 11.9 Å². The lowest BCUT2D eigenvalue weighted by atomic mass is 9.80. The third-order valence-electron chi connectivity index (χ3n) is 4.77. The van der Waals surface area contributed by atoms with E-state index in [9.17, 15) is 14.4 Å². The molecule has 1 atom stereocenters. The predicted octanol–water partition coefficient (Wildman–Crippen LogP) is 3.12. The van der Waals surface area contributed by atoms with Crippen LogP contribution in [0.1, 0.15) is 23.3 Å². The van der Waals surface area contributed by atoms with Crippen molar-refractivity contribution in [1.82, 2.24) is 10.2 Å². The molecule has 2 aliphatic rings. The van der Waals surface area contributed by atoms with Crippen molar-refractivity contribution in [2.45, 2.75) is 24.8 Å². The minimum Gasteiger partial charge on any atom is -0.325 e. The lowest BCUT2D eigenvalue weighted by Crippen LogP contribution is -2.46. The zero-order valence-electron chi connectivity index (χ0n) is 13.8. The topological polar surface area (TPSA) is 78.5 Å². The van der Waals surface area contributed by atoms with Gasteiger partial charge in [-0.1, -0.05) is 11.6 Å². The molecule has 1 aliphatic heterocycles. The maximum atomic E-state index is 13.0. The van der Waals surface area contributed by atoms with Crippen molar-refractivity contribution in [3.63, 3.8) is 0 Å². The van der Waals surface area contributed by atoms with Crippen LogP contribution in [0, 0.1) is 0 Å². The number of fused-ring (bicyclic) bond motifs is 2. The van der Waals surface area contributed by atoms with Gasteiger partial charge < -0.3 is 10.6 Å². The van der Waals surface area contributed by atoms with E-state index in [4.69, 9.17) is 11.6 Å². The maximum absolute atomic E-state index is 13.0. The van der Waals surface area contributed by atoms with Gasteiger partial charge in [0, 0.05) is 21.2 Å². The lowest BCUT2D eigenvalue weighted by molar-refractivity contribution is -0.134. The Bertz CT molecular complexity index is 895. The van der Waals surface area contributed by atoms with Gasteiger partial charge in [-0.05, 0) is 55.0 Å². The average Bonchev–Trinajstić information content (AvgIpc) is 3.18. The summed E-state index contributed by atoms with van der Waals surface area (Å²) in [5.74, 6) is -0.790. The number of hydrogen-bond donors (Lipinski definition) is 2. The standard InChI is InChI=1S/C18H16ClN3O3S/c19-11-3-5-12(6-4-11)20-15(23)10-22-16(24)18(21-17(22)25)8-1-2-14-13(18)7-9-26-14/h3-7,9H,1-2,8,10H2,(H,20,23)(H,21,25)/t18-/m0/s1. The summed E-state index contributed by atoms with van der Waals surface area (Å²) in [6, 6.07) is 7.99. The summed E-state index contributed by atoms with van der Waals surface area (Å²) in [6.07, 6.45) is 2.29. The number of benzene rings is 1. The first-order valence-electron chi connectivity index (χ1n) is 8.26. The monoisotopic (exact) mass is 389 g/mol. The highest BCUT2D eigenvalue weighted by Crippen LogP contribution is 2.42. The second kappa shape index (κ2) is 6.41. The molecule has 2 N–H and O–H groups in total. The molecule has 134 valence electrons. The van der Waals surface area contributed by atoms with Crippen LogP contribution < -0.4 is 10.6 Å². The van der Waals surface area contributed by atoms with Gasteiger partial charge >= 0.3 is 6.03 Å². The zero-order chi connectivity index (χ0) is 18.3. The van der Waals surface area contributed by atoms with Crippen molar-refractivity contribution < 1.29 is 14.4 Å². The maximum Gasteiger partial charge on any atom is 0.325 e. The molecule has 26 heavy (non-hydrogen) atoms. The molecule has 1 aliphatic carbocycles. The van der Waals surface area contributed by atoms with Crippen molar-refractivity contribution in [1.29, 1.82) is 0 Å². The van der Waals surface area contributed by atoms with Crippen LogP contribution in [0.25, 0.3) is 0 Å². The molecule has 2 heterocycles. The molecule has 0 radical (unpaired) electrons. The minimum absolute atomic E-state index is 0.325. The van der Waals surface area contributed by atoms with Gasteiger partial charge in [0.2, 0.25) is 5.91 Å². The highest BCUT2D eigenvalue weighted by atomic mass is 35.5. The molecular formula is C18H16ClN3O3S. The summed E-state index contributed by atoms with van der Waals surface area (Å²) in [7, 11) is 0. The number of urea groups is 1. The number of rotatable bonds is 3. The number of nitrogens with one attached hydrogen (secondary N) is 2. The molecule has 0 saturated carbocycles. The molecule has 4 amide bonds. The zero-order valence-corrected chi connectivity index (χ0v) is 15.3. The molecule has 0 unspecified atom stereocenters. The molecule has 4 rings (SSSR count). The Morgan fingerprint density at radius 1 is 1.27 bits per heavy atom. The number of hydrogen-bond acceptors (Lipinski definition) is 4. The van der Waals surface area contributed by atoms with Crippen molar-refractivity contribution in [3.8, 4) is 0 Å². The summed E-state index contributed by atoms with van der Waals surface area (Å²) < 4.78 is 0. The number of amides is 4. The SMILES string of the molecule is O=C(CN1C(=O)N[C@]2(CCCc3sccc32)C1=O)Nc1ccc(Cl)cc1. The molecule has 1 fully saturated rings. The predicted molar refractivity (Wildman–Crippen MR) is 99.3 cm³/mol. The van der Waals surface area contributed by atoms with Gasteiger partial charge in [-0.15, -0.1) is 11.3 Å². The third kappa shape index (κ3) is 2.77. The fourth-order valence-electron chi connectivity index (χ4n) is 3.56. The molecule has 1 aromatic carbocycles. The largest absolute Gasteiger partial charge is 0.325 e. The number of carbonyl (C=O) groups is 3. The second-order valence-corrected chi connectivity index (χ2v) is 7.83. The number of halogens is 1. The minimum atomic E-state index is -1.02. The first-order chi connectivity index (χ1) is 12.5. The average molecular weight is 390 g/mol. The Balaban J connectivity index is 1.52. The fraction of sp³-hybridized carbons (Fsp3) is 0.278. The van der Waals surface area contributed by atoms with Gasteiger partial charge in [-0.3, -0.25) is 14.5 Å². The van der Waals surface area contributed by atoms with E-state index < -0.39 is 17.5 Å². The van der Waals surface area contributed by atoms with E-state index >= 15 is 0 Å². The van der Waals surface area contributed by atoms with Crippen LogP contribution >= 0.6 is 22.9 Å². The summed E-state index contributed by atoms with van der Waals surface area (Å²) in [4.78, 5) is 39.9. The first kappa shape index (κ1) is 17.1. The van der Waals surface area contributed by atoms with E-state index in [1.165, 1.54) is 0 Å². The van der Waals surface area contributed by atoms with E-state index in [0.29, 0.717) is 17.1 Å². The van der Waals surface area contributed by atoms with Crippen LogP contribution in [0.3, 0.4) is 0 Å². The molecular weight excluding hydrogens is 374 g/mol. The van der Waals surface area contributed by atoms with E-state index in [1.54, 1.807) is 35.6 Å². The quantitative estimate of drug-likeness (QED) is 0.791. The van der Waals surface area contributed by atoms with Gasteiger partial charge in [0.05, 0.1) is 0 Å². The Hall–Kier alpha value is -2.38. The summed E-state index contributed by atoms with van der Waals surface area (Å²) in [6.45, 7) is -0.325. The smallest absolute Gasteiger partial charge is 0.325 e. The lowest BCUT2D eigenvalue weighted by Gasteiger charge is -2.31.